The van der Waals surface area contributed by atoms with E-state index in [2.05, 4.69) is 10.2 Å². The summed E-state index contributed by atoms with van der Waals surface area (Å²) in [6.45, 7) is 4.32. The van der Waals surface area contributed by atoms with E-state index >= 15 is 0 Å². The molecule has 7 nitrogen and oxygen atoms in total. The third kappa shape index (κ3) is 3.65. The van der Waals surface area contributed by atoms with Crippen molar-refractivity contribution < 1.29 is 14.3 Å². The van der Waals surface area contributed by atoms with E-state index in [9.17, 15) is 9.59 Å². The summed E-state index contributed by atoms with van der Waals surface area (Å²) < 4.78 is 5.03. The van der Waals surface area contributed by atoms with Crippen molar-refractivity contribution in [3.63, 3.8) is 0 Å². The molecule has 7 heteroatoms. The number of ether oxygens (including phenoxy) is 1. The Kier molecular flexibility index (Phi) is 5.41. The maximum absolute atomic E-state index is 12.0. The van der Waals surface area contributed by atoms with Crippen LogP contribution in [0.25, 0.3) is 0 Å². The van der Waals surface area contributed by atoms with Crippen molar-refractivity contribution >= 4 is 12.0 Å². The van der Waals surface area contributed by atoms with E-state index < -0.39 is 0 Å². The van der Waals surface area contributed by atoms with Crippen LogP contribution in [0.5, 0.6) is 0 Å². The fourth-order valence-corrected chi connectivity index (χ4v) is 3.32. The lowest BCUT2D eigenvalue weighted by Crippen LogP contribution is -2.51. The van der Waals surface area contributed by atoms with Crippen molar-refractivity contribution in [3.8, 4) is 0 Å². The number of carbonyl (C=O) groups is 2. The molecule has 2 amide bonds. The van der Waals surface area contributed by atoms with Crippen LogP contribution in [0.3, 0.4) is 0 Å². The second kappa shape index (κ2) is 7.09. The lowest BCUT2D eigenvalue weighted by molar-refractivity contribution is -0.126. The summed E-state index contributed by atoms with van der Waals surface area (Å²) >= 11 is 0. The van der Waals surface area contributed by atoms with Gasteiger partial charge < -0.3 is 20.7 Å². The van der Waals surface area contributed by atoms with Gasteiger partial charge in [-0.25, -0.2) is 4.79 Å². The Labute approximate surface area is 125 Å². The fraction of sp³-hybridized carbons (Fsp3) is 0.857. The van der Waals surface area contributed by atoms with Crippen LogP contribution in [0.1, 0.15) is 26.2 Å². The van der Waals surface area contributed by atoms with Crippen molar-refractivity contribution in [1.29, 1.82) is 0 Å². The highest BCUT2D eigenvalue weighted by molar-refractivity contribution is 5.82. The van der Waals surface area contributed by atoms with Crippen LogP contribution in [-0.4, -0.2) is 73.2 Å². The number of hydrogen-bond donors (Lipinski definition) is 2. The molecule has 2 aliphatic heterocycles. The third-order valence-corrected chi connectivity index (χ3v) is 4.38. The largest absolute Gasteiger partial charge is 0.450 e. The minimum Gasteiger partial charge on any atom is -0.450 e. The zero-order valence-electron chi connectivity index (χ0n) is 12.9. The highest BCUT2D eigenvalue weighted by atomic mass is 16.6. The second-order valence-corrected chi connectivity index (χ2v) is 5.74. The molecule has 0 unspecified atom stereocenters. The zero-order chi connectivity index (χ0) is 15.4. The highest BCUT2D eigenvalue weighted by Crippen LogP contribution is 2.26. The molecular formula is C14H26N4O3. The van der Waals surface area contributed by atoms with Gasteiger partial charge in [0.25, 0.3) is 0 Å². The predicted molar refractivity (Wildman–Crippen MR) is 78.8 cm³/mol. The molecule has 0 aromatic rings. The molecule has 2 heterocycles. The van der Waals surface area contributed by atoms with E-state index in [4.69, 9.17) is 10.5 Å². The van der Waals surface area contributed by atoms with Gasteiger partial charge in [0.2, 0.25) is 5.91 Å². The lowest BCUT2D eigenvalue weighted by Gasteiger charge is -2.38. The average Bonchev–Trinajstić information content (AvgIpc) is 2.89. The maximum Gasteiger partial charge on any atom is 0.409 e. The van der Waals surface area contributed by atoms with Gasteiger partial charge in [-0.3, -0.25) is 9.69 Å². The van der Waals surface area contributed by atoms with Gasteiger partial charge in [0.05, 0.1) is 12.6 Å². The van der Waals surface area contributed by atoms with Crippen LogP contribution >= 0.6 is 0 Å². The highest BCUT2D eigenvalue weighted by Gasteiger charge is 2.40. The number of nitrogens with one attached hydrogen (secondary N) is 1. The van der Waals surface area contributed by atoms with Crippen molar-refractivity contribution in [3.05, 3.63) is 0 Å². The third-order valence-electron chi connectivity index (χ3n) is 4.38. The van der Waals surface area contributed by atoms with Gasteiger partial charge in [-0.1, -0.05) is 0 Å². The molecule has 0 bridgehead atoms. The number of rotatable bonds is 3. The van der Waals surface area contributed by atoms with Crippen molar-refractivity contribution in [1.82, 2.24) is 15.1 Å². The molecule has 0 aromatic heterocycles. The molecule has 0 aromatic carbocycles. The molecule has 0 aliphatic carbocycles. The number of carbonyl (C=O) groups excluding carboxylic acids is 2. The molecule has 2 aliphatic rings. The van der Waals surface area contributed by atoms with Gasteiger partial charge in [0.1, 0.15) is 0 Å². The first-order valence-electron chi connectivity index (χ1n) is 7.71. The quantitative estimate of drug-likeness (QED) is 0.750. The Morgan fingerprint density at radius 2 is 2.00 bits per heavy atom. The molecule has 2 saturated heterocycles. The van der Waals surface area contributed by atoms with Gasteiger partial charge in [0.15, 0.2) is 0 Å². The molecule has 2 fully saturated rings. The van der Waals surface area contributed by atoms with Gasteiger partial charge >= 0.3 is 6.09 Å². The van der Waals surface area contributed by atoms with E-state index in [-0.39, 0.29) is 24.1 Å². The Balaban J connectivity index is 1.91. The minimum absolute atomic E-state index is 0.0378. The second-order valence-electron chi connectivity index (χ2n) is 5.74. The van der Waals surface area contributed by atoms with Crippen molar-refractivity contribution in [2.45, 2.75) is 44.3 Å². The molecule has 0 saturated carbocycles. The van der Waals surface area contributed by atoms with Gasteiger partial charge in [-0.2, -0.15) is 0 Å². The van der Waals surface area contributed by atoms with Crippen LogP contribution in [0, 0.1) is 0 Å². The average molecular weight is 298 g/mol. The summed E-state index contributed by atoms with van der Waals surface area (Å²) in [7, 11) is 1.66. The Morgan fingerprint density at radius 1 is 1.33 bits per heavy atom. The number of nitrogens with zero attached hydrogens (tertiary/aromatic N) is 2. The topological polar surface area (TPSA) is 87.9 Å². The van der Waals surface area contributed by atoms with E-state index in [1.54, 1.807) is 11.9 Å². The predicted octanol–water partition coefficient (Wildman–Crippen LogP) is -0.245. The van der Waals surface area contributed by atoms with E-state index in [0.717, 1.165) is 19.4 Å². The van der Waals surface area contributed by atoms with Crippen LogP contribution in [-0.2, 0) is 9.53 Å². The van der Waals surface area contributed by atoms with E-state index in [0.29, 0.717) is 32.2 Å². The number of piperidine rings is 1. The molecular weight excluding hydrogens is 272 g/mol. The summed E-state index contributed by atoms with van der Waals surface area (Å²) in [4.78, 5) is 27.6. The smallest absolute Gasteiger partial charge is 0.409 e. The Morgan fingerprint density at radius 3 is 2.57 bits per heavy atom. The van der Waals surface area contributed by atoms with Crippen molar-refractivity contribution in [2.75, 3.05) is 33.3 Å². The number of amides is 2. The standard InChI is InChI=1S/C14H26N4O3/c1-3-21-14(20)17-6-4-11(5-7-17)18-9-10(15)8-12(18)13(19)16-2/h10-12H,3-9,15H2,1-2H3,(H,16,19)/t10-,12+/m1/s1. The number of likely N-dealkylation sites (N-methyl/N-ethyl adjacent to an activating group) is 1. The summed E-state index contributed by atoms with van der Waals surface area (Å²) in [5, 5.41) is 2.72. The summed E-state index contributed by atoms with van der Waals surface area (Å²) in [5.41, 5.74) is 6.02. The first-order valence-corrected chi connectivity index (χ1v) is 7.71. The SMILES string of the molecule is CCOC(=O)N1CCC(N2C[C@H](N)C[C@H]2C(=O)NC)CC1. The molecule has 2 rings (SSSR count). The van der Waals surface area contributed by atoms with Crippen LogP contribution in [0.4, 0.5) is 4.79 Å². The van der Waals surface area contributed by atoms with Crippen LogP contribution in [0.2, 0.25) is 0 Å². The van der Waals surface area contributed by atoms with Gasteiger partial charge in [-0.05, 0) is 26.2 Å². The number of hydrogen-bond acceptors (Lipinski definition) is 5. The first kappa shape index (κ1) is 16.0. The number of nitrogens with two attached hydrogens (primary N) is 1. The monoisotopic (exact) mass is 298 g/mol. The summed E-state index contributed by atoms with van der Waals surface area (Å²) in [6.07, 6.45) is 2.19. The Bertz CT molecular complexity index is 382. The van der Waals surface area contributed by atoms with E-state index in [1.165, 1.54) is 0 Å². The Hall–Kier alpha value is -1.34. The molecule has 120 valence electrons. The van der Waals surface area contributed by atoms with Gasteiger partial charge in [-0.15, -0.1) is 0 Å². The minimum atomic E-state index is -0.239. The zero-order valence-corrected chi connectivity index (χ0v) is 12.9. The molecule has 2 atom stereocenters. The molecule has 0 radical (unpaired) electrons. The normalized spacial score (nSPS) is 27.7. The van der Waals surface area contributed by atoms with Crippen molar-refractivity contribution in [2.24, 2.45) is 5.73 Å². The van der Waals surface area contributed by atoms with Gasteiger partial charge in [0, 0.05) is 38.8 Å². The fourth-order valence-electron chi connectivity index (χ4n) is 3.32. The number of likely N-dealkylation sites (tertiary alicyclic amines) is 2. The van der Waals surface area contributed by atoms with Crippen LogP contribution < -0.4 is 11.1 Å². The molecule has 3 N–H and O–H groups in total. The summed E-state index contributed by atoms with van der Waals surface area (Å²) in [5.74, 6) is 0.0378. The first-order chi connectivity index (χ1) is 10.1. The molecule has 21 heavy (non-hydrogen) atoms. The molecule has 0 spiro atoms. The van der Waals surface area contributed by atoms with Crippen LogP contribution in [0.15, 0.2) is 0 Å². The lowest BCUT2D eigenvalue weighted by atomic mass is 10.0. The summed E-state index contributed by atoms with van der Waals surface area (Å²) in [6, 6.07) is 0.228. The van der Waals surface area contributed by atoms with E-state index in [1.807, 2.05) is 6.92 Å². The maximum atomic E-state index is 12.0.